The average Bonchev–Trinajstić information content (AvgIpc) is 3.26. The molecule has 1 aliphatic heterocycles. The molecule has 1 saturated heterocycles. The van der Waals surface area contributed by atoms with Crippen molar-refractivity contribution in [2.45, 2.75) is 26.7 Å². The predicted molar refractivity (Wildman–Crippen MR) is 113 cm³/mol. The number of aryl methyl sites for hydroxylation is 1. The number of anilines is 2. The molecule has 0 radical (unpaired) electrons. The van der Waals surface area contributed by atoms with Crippen molar-refractivity contribution < 1.29 is 4.79 Å². The molecule has 1 aromatic carbocycles. The molecule has 1 fully saturated rings. The molecule has 1 aliphatic rings. The van der Waals surface area contributed by atoms with Crippen molar-refractivity contribution in [1.82, 2.24) is 9.55 Å². The number of piperidine rings is 1. The smallest absolute Gasteiger partial charge is 0.227 e. The molecule has 0 unspecified atom stereocenters. The molecule has 0 aliphatic carbocycles. The van der Waals surface area contributed by atoms with Crippen LogP contribution >= 0.6 is 0 Å². The number of amides is 1. The number of benzene rings is 1. The molecule has 4 rings (SSSR count). The zero-order valence-electron chi connectivity index (χ0n) is 16.4. The van der Waals surface area contributed by atoms with Crippen LogP contribution in [0, 0.1) is 19.8 Å². The Hall–Kier alpha value is -3.08. The van der Waals surface area contributed by atoms with Gasteiger partial charge in [0.1, 0.15) is 5.82 Å². The maximum absolute atomic E-state index is 12.7. The summed E-state index contributed by atoms with van der Waals surface area (Å²) < 4.78 is 2.04. The summed E-state index contributed by atoms with van der Waals surface area (Å²) in [6, 6.07) is 14.2. The maximum atomic E-state index is 12.7. The van der Waals surface area contributed by atoms with E-state index in [0.29, 0.717) is 0 Å². The highest BCUT2D eigenvalue weighted by Gasteiger charge is 2.26. The number of carbonyl (C=O) groups excluding carboxylic acids is 1. The topological polar surface area (TPSA) is 50.2 Å². The lowest BCUT2D eigenvalue weighted by Gasteiger charge is -2.32. The van der Waals surface area contributed by atoms with Crippen LogP contribution in [0.3, 0.4) is 0 Å². The Balaban J connectivity index is 1.35. The molecule has 2 aromatic heterocycles. The van der Waals surface area contributed by atoms with Crippen LogP contribution < -0.4 is 10.2 Å². The van der Waals surface area contributed by atoms with E-state index in [1.54, 1.807) is 0 Å². The summed E-state index contributed by atoms with van der Waals surface area (Å²) in [6.07, 6.45) is 7.61. The fraction of sp³-hybridized carbons (Fsp3) is 0.304. The van der Waals surface area contributed by atoms with E-state index in [0.717, 1.165) is 48.7 Å². The zero-order chi connectivity index (χ0) is 19.5. The monoisotopic (exact) mass is 374 g/mol. The SMILES string of the molecule is Cc1cccc(NC(=O)C2CCN(c3ccc(-n4cccc4)cn3)CC2)c1C. The van der Waals surface area contributed by atoms with Gasteiger partial charge in [-0.25, -0.2) is 4.98 Å². The number of hydrogen-bond donors (Lipinski definition) is 1. The normalized spacial score (nSPS) is 14.9. The van der Waals surface area contributed by atoms with Gasteiger partial charge >= 0.3 is 0 Å². The lowest BCUT2D eigenvalue weighted by atomic mass is 9.95. The molecule has 5 nitrogen and oxygen atoms in total. The van der Waals surface area contributed by atoms with Crippen LogP contribution in [0.1, 0.15) is 24.0 Å². The van der Waals surface area contributed by atoms with E-state index < -0.39 is 0 Å². The van der Waals surface area contributed by atoms with E-state index >= 15 is 0 Å². The first-order chi connectivity index (χ1) is 13.6. The van der Waals surface area contributed by atoms with Crippen LogP contribution in [0.4, 0.5) is 11.5 Å². The van der Waals surface area contributed by atoms with Crippen LogP contribution in [-0.4, -0.2) is 28.5 Å². The Kier molecular flexibility index (Phi) is 5.15. The molecule has 3 aromatic rings. The third-order valence-electron chi connectivity index (χ3n) is 5.69. The summed E-state index contributed by atoms with van der Waals surface area (Å²) in [5, 5.41) is 3.12. The number of hydrogen-bond acceptors (Lipinski definition) is 3. The fourth-order valence-electron chi connectivity index (χ4n) is 3.72. The molecular formula is C23H26N4O. The number of nitrogens with one attached hydrogen (secondary N) is 1. The van der Waals surface area contributed by atoms with Crippen molar-refractivity contribution in [3.05, 3.63) is 72.2 Å². The van der Waals surface area contributed by atoms with E-state index in [4.69, 9.17) is 0 Å². The van der Waals surface area contributed by atoms with Gasteiger partial charge in [-0.1, -0.05) is 12.1 Å². The van der Waals surface area contributed by atoms with E-state index in [1.807, 2.05) is 47.4 Å². The fourth-order valence-corrected chi connectivity index (χ4v) is 3.72. The van der Waals surface area contributed by atoms with E-state index in [2.05, 4.69) is 47.2 Å². The standard InChI is InChI=1S/C23H26N4O/c1-17-6-5-7-21(18(17)2)25-23(28)19-10-14-27(15-11-19)22-9-8-20(16-24-22)26-12-3-4-13-26/h3-9,12-13,16,19H,10-11,14-15H2,1-2H3,(H,25,28). The van der Waals surface area contributed by atoms with Crippen molar-refractivity contribution in [3.8, 4) is 5.69 Å². The van der Waals surface area contributed by atoms with Gasteiger partial charge in [-0.05, 0) is 68.1 Å². The van der Waals surface area contributed by atoms with Gasteiger partial charge in [0.2, 0.25) is 5.91 Å². The Labute approximate surface area is 166 Å². The Morgan fingerprint density at radius 2 is 1.79 bits per heavy atom. The largest absolute Gasteiger partial charge is 0.357 e. The van der Waals surface area contributed by atoms with Crippen LogP contribution in [0.2, 0.25) is 0 Å². The summed E-state index contributed by atoms with van der Waals surface area (Å²) in [5.41, 5.74) is 4.31. The molecule has 0 bridgehead atoms. The molecule has 0 atom stereocenters. The highest BCUT2D eigenvalue weighted by molar-refractivity contribution is 5.93. The summed E-state index contributed by atoms with van der Waals surface area (Å²) in [6.45, 7) is 5.82. The maximum Gasteiger partial charge on any atom is 0.227 e. The number of rotatable bonds is 4. The van der Waals surface area contributed by atoms with Crippen LogP contribution in [0.25, 0.3) is 5.69 Å². The minimum atomic E-state index is 0.0512. The average molecular weight is 374 g/mol. The van der Waals surface area contributed by atoms with Crippen LogP contribution in [-0.2, 0) is 4.79 Å². The lowest BCUT2D eigenvalue weighted by Crippen LogP contribution is -2.38. The summed E-state index contributed by atoms with van der Waals surface area (Å²) >= 11 is 0. The molecule has 5 heteroatoms. The Morgan fingerprint density at radius 1 is 1.04 bits per heavy atom. The second-order valence-corrected chi connectivity index (χ2v) is 7.46. The van der Waals surface area contributed by atoms with Gasteiger partial charge in [0.05, 0.1) is 11.9 Å². The molecule has 1 amide bonds. The van der Waals surface area contributed by atoms with Gasteiger partial charge in [-0.2, -0.15) is 0 Å². The number of pyridine rings is 1. The van der Waals surface area contributed by atoms with Crippen molar-refractivity contribution in [1.29, 1.82) is 0 Å². The van der Waals surface area contributed by atoms with E-state index in [9.17, 15) is 4.79 Å². The van der Waals surface area contributed by atoms with Gasteiger partial charge in [0.15, 0.2) is 0 Å². The molecule has 3 heterocycles. The lowest BCUT2D eigenvalue weighted by molar-refractivity contribution is -0.120. The van der Waals surface area contributed by atoms with Crippen molar-refractivity contribution >= 4 is 17.4 Å². The Bertz CT molecular complexity index is 939. The molecule has 28 heavy (non-hydrogen) atoms. The van der Waals surface area contributed by atoms with Crippen LogP contribution in [0.15, 0.2) is 61.1 Å². The van der Waals surface area contributed by atoms with Gasteiger partial charge in [-0.15, -0.1) is 0 Å². The van der Waals surface area contributed by atoms with Gasteiger partial charge in [0, 0.05) is 37.1 Å². The van der Waals surface area contributed by atoms with Crippen molar-refractivity contribution in [3.63, 3.8) is 0 Å². The summed E-state index contributed by atoms with van der Waals surface area (Å²) in [5.74, 6) is 1.16. The van der Waals surface area contributed by atoms with E-state index in [1.165, 1.54) is 5.56 Å². The number of nitrogens with zero attached hydrogens (tertiary/aromatic N) is 3. The van der Waals surface area contributed by atoms with E-state index in [-0.39, 0.29) is 11.8 Å². The van der Waals surface area contributed by atoms with Crippen molar-refractivity contribution in [2.24, 2.45) is 5.92 Å². The zero-order valence-corrected chi connectivity index (χ0v) is 16.4. The molecule has 1 N–H and O–H groups in total. The third-order valence-corrected chi connectivity index (χ3v) is 5.69. The second kappa shape index (κ2) is 7.89. The number of aromatic nitrogens is 2. The second-order valence-electron chi connectivity index (χ2n) is 7.46. The molecule has 0 saturated carbocycles. The minimum Gasteiger partial charge on any atom is -0.357 e. The van der Waals surface area contributed by atoms with Crippen molar-refractivity contribution in [2.75, 3.05) is 23.3 Å². The first-order valence-electron chi connectivity index (χ1n) is 9.83. The first-order valence-corrected chi connectivity index (χ1v) is 9.83. The molecule has 0 spiro atoms. The van der Waals surface area contributed by atoms with Gasteiger partial charge in [0.25, 0.3) is 0 Å². The summed E-state index contributed by atoms with van der Waals surface area (Å²) in [7, 11) is 0. The van der Waals surface area contributed by atoms with Gasteiger partial charge < -0.3 is 14.8 Å². The van der Waals surface area contributed by atoms with Gasteiger partial charge in [-0.3, -0.25) is 4.79 Å². The van der Waals surface area contributed by atoms with Crippen LogP contribution in [0.5, 0.6) is 0 Å². The highest BCUT2D eigenvalue weighted by atomic mass is 16.1. The Morgan fingerprint density at radius 3 is 2.46 bits per heavy atom. The highest BCUT2D eigenvalue weighted by Crippen LogP contribution is 2.25. The quantitative estimate of drug-likeness (QED) is 0.739. The summed E-state index contributed by atoms with van der Waals surface area (Å²) in [4.78, 5) is 19.6. The number of carbonyl (C=O) groups is 1. The third kappa shape index (κ3) is 3.79. The molecule has 144 valence electrons. The predicted octanol–water partition coefficient (Wildman–Crippen LogP) is 4.34. The minimum absolute atomic E-state index is 0.0512. The first kappa shape index (κ1) is 18.3. The molecular weight excluding hydrogens is 348 g/mol.